The Bertz CT molecular complexity index is 714. The van der Waals surface area contributed by atoms with Gasteiger partial charge in [-0.05, 0) is 42.7 Å². The van der Waals surface area contributed by atoms with E-state index in [1.807, 2.05) is 30.3 Å². The molecule has 0 saturated carbocycles. The van der Waals surface area contributed by atoms with Crippen molar-refractivity contribution < 1.29 is 8.42 Å². The number of halogens is 1. The molecule has 0 unspecified atom stereocenters. The van der Waals surface area contributed by atoms with Crippen LogP contribution < -0.4 is 5.32 Å². The van der Waals surface area contributed by atoms with E-state index in [9.17, 15) is 8.42 Å². The second-order valence-electron chi connectivity index (χ2n) is 4.89. The number of para-hydroxylation sites is 1. The lowest BCUT2D eigenvalue weighted by molar-refractivity contribution is 0.602. The fourth-order valence-corrected chi connectivity index (χ4v) is 3.10. The van der Waals surface area contributed by atoms with Gasteiger partial charge in [0, 0.05) is 17.8 Å². The van der Waals surface area contributed by atoms with E-state index in [0.717, 1.165) is 18.5 Å². The van der Waals surface area contributed by atoms with Gasteiger partial charge in [0.15, 0.2) is 9.84 Å². The highest BCUT2D eigenvalue weighted by Crippen LogP contribution is 2.25. The van der Waals surface area contributed by atoms with Crippen molar-refractivity contribution in [3.63, 3.8) is 0 Å². The summed E-state index contributed by atoms with van der Waals surface area (Å²) < 4.78 is 23.6. The Hall–Kier alpha value is -1.52. The van der Waals surface area contributed by atoms with Gasteiger partial charge in [0.1, 0.15) is 0 Å². The summed E-state index contributed by atoms with van der Waals surface area (Å²) in [5.74, 6) is 0.633. The molecule has 0 amide bonds. The van der Waals surface area contributed by atoms with Gasteiger partial charge in [0.2, 0.25) is 0 Å². The van der Waals surface area contributed by atoms with Gasteiger partial charge < -0.3 is 5.32 Å². The lowest BCUT2D eigenvalue weighted by Gasteiger charge is -2.11. The number of hydrogen-bond acceptors (Lipinski definition) is 3. The van der Waals surface area contributed by atoms with E-state index in [0.29, 0.717) is 16.5 Å². The second kappa shape index (κ2) is 6.96. The first-order valence-corrected chi connectivity index (χ1v) is 9.14. The number of benzene rings is 2. The molecule has 0 saturated heterocycles. The Labute approximate surface area is 130 Å². The zero-order valence-corrected chi connectivity index (χ0v) is 13.4. The molecule has 0 aliphatic heterocycles. The molecule has 21 heavy (non-hydrogen) atoms. The van der Waals surface area contributed by atoms with Crippen LogP contribution in [0.4, 0.5) is 11.4 Å². The summed E-state index contributed by atoms with van der Waals surface area (Å²) in [4.78, 5) is 0.302. The molecule has 0 fully saturated rings. The van der Waals surface area contributed by atoms with Gasteiger partial charge in [-0.3, -0.25) is 0 Å². The smallest absolute Gasteiger partial charge is 0.177 e. The maximum Gasteiger partial charge on any atom is 0.177 e. The van der Waals surface area contributed by atoms with Crippen LogP contribution in [0.2, 0.25) is 0 Å². The first kappa shape index (κ1) is 15.9. The lowest BCUT2D eigenvalue weighted by Crippen LogP contribution is -2.02. The fourth-order valence-electron chi connectivity index (χ4n) is 2.12. The summed E-state index contributed by atoms with van der Waals surface area (Å²) in [5, 5.41) is 3.18. The molecule has 5 heteroatoms. The van der Waals surface area contributed by atoms with Crippen LogP contribution in [0.25, 0.3) is 0 Å². The van der Waals surface area contributed by atoms with E-state index in [-0.39, 0.29) is 0 Å². The Kier molecular flexibility index (Phi) is 5.26. The van der Waals surface area contributed by atoms with Gasteiger partial charge in [-0.2, -0.15) is 0 Å². The second-order valence-corrected chi connectivity index (χ2v) is 7.25. The lowest BCUT2D eigenvalue weighted by atomic mass is 10.1. The van der Waals surface area contributed by atoms with Crippen LogP contribution in [0.1, 0.15) is 12.0 Å². The molecule has 0 aromatic heterocycles. The third-order valence-corrected chi connectivity index (χ3v) is 4.51. The topological polar surface area (TPSA) is 46.2 Å². The van der Waals surface area contributed by atoms with Gasteiger partial charge in [-0.15, -0.1) is 11.6 Å². The molecule has 0 aliphatic rings. The molecular weight excluding hydrogens is 306 g/mol. The molecule has 2 aromatic carbocycles. The quantitative estimate of drug-likeness (QED) is 0.817. The maximum absolute atomic E-state index is 11.8. The van der Waals surface area contributed by atoms with E-state index in [1.54, 1.807) is 18.2 Å². The highest BCUT2D eigenvalue weighted by Gasteiger charge is 2.12. The Morgan fingerprint density at radius 2 is 1.86 bits per heavy atom. The summed E-state index contributed by atoms with van der Waals surface area (Å²) in [6, 6.07) is 14.8. The summed E-state index contributed by atoms with van der Waals surface area (Å²) in [7, 11) is -3.26. The van der Waals surface area contributed by atoms with Crippen LogP contribution in [-0.2, 0) is 16.3 Å². The Balaban J connectivity index is 2.27. The molecule has 112 valence electrons. The van der Waals surface area contributed by atoms with Crippen molar-refractivity contribution in [1.29, 1.82) is 0 Å². The van der Waals surface area contributed by atoms with Crippen LogP contribution in [0.3, 0.4) is 0 Å². The number of sulfone groups is 1. The van der Waals surface area contributed by atoms with E-state index < -0.39 is 9.84 Å². The molecule has 2 rings (SSSR count). The van der Waals surface area contributed by atoms with Crippen LogP contribution in [0, 0.1) is 0 Å². The first-order chi connectivity index (χ1) is 10.0. The first-order valence-electron chi connectivity index (χ1n) is 6.72. The van der Waals surface area contributed by atoms with Crippen molar-refractivity contribution in [3.8, 4) is 0 Å². The van der Waals surface area contributed by atoms with Crippen molar-refractivity contribution in [2.45, 2.75) is 17.7 Å². The molecule has 1 N–H and O–H groups in total. The van der Waals surface area contributed by atoms with E-state index in [4.69, 9.17) is 11.6 Å². The van der Waals surface area contributed by atoms with Gasteiger partial charge in [0.25, 0.3) is 0 Å². The van der Waals surface area contributed by atoms with Gasteiger partial charge in [-0.1, -0.05) is 24.3 Å². The average Bonchev–Trinajstić information content (AvgIpc) is 2.45. The fraction of sp³-hybridized carbons (Fsp3) is 0.250. The predicted octanol–water partition coefficient (Wildman–Crippen LogP) is 4.01. The summed E-state index contributed by atoms with van der Waals surface area (Å²) in [6.07, 6.45) is 3.04. The number of anilines is 2. The average molecular weight is 324 g/mol. The van der Waals surface area contributed by atoms with Crippen LogP contribution in [-0.4, -0.2) is 20.6 Å². The minimum atomic E-state index is -3.26. The standard InChI is InChI=1S/C16H18ClNO2S/c1-21(19,20)16-10-3-2-9-15(16)18-14-8-4-6-13(12-14)7-5-11-17/h2-4,6,8-10,12,18H,5,7,11H2,1H3. The van der Waals surface area contributed by atoms with E-state index in [1.165, 1.54) is 11.8 Å². The Morgan fingerprint density at radius 3 is 2.57 bits per heavy atom. The highest BCUT2D eigenvalue weighted by atomic mass is 35.5. The molecule has 0 radical (unpaired) electrons. The van der Waals surface area contributed by atoms with Gasteiger partial charge >= 0.3 is 0 Å². The third-order valence-electron chi connectivity index (χ3n) is 3.09. The van der Waals surface area contributed by atoms with Crippen molar-refractivity contribution in [3.05, 3.63) is 54.1 Å². The van der Waals surface area contributed by atoms with Crippen molar-refractivity contribution in [1.82, 2.24) is 0 Å². The van der Waals surface area contributed by atoms with Crippen molar-refractivity contribution >= 4 is 32.8 Å². The number of aryl methyl sites for hydroxylation is 1. The van der Waals surface area contributed by atoms with Crippen molar-refractivity contribution in [2.75, 3.05) is 17.5 Å². The minimum Gasteiger partial charge on any atom is -0.354 e. The molecule has 0 heterocycles. The minimum absolute atomic E-state index is 0.302. The molecule has 0 spiro atoms. The van der Waals surface area contributed by atoms with E-state index >= 15 is 0 Å². The van der Waals surface area contributed by atoms with Crippen molar-refractivity contribution in [2.24, 2.45) is 0 Å². The molecule has 0 atom stereocenters. The monoisotopic (exact) mass is 323 g/mol. The largest absolute Gasteiger partial charge is 0.354 e. The molecular formula is C16H18ClNO2S. The van der Waals surface area contributed by atoms with Crippen LogP contribution >= 0.6 is 11.6 Å². The van der Waals surface area contributed by atoms with Crippen LogP contribution in [0.5, 0.6) is 0 Å². The van der Waals surface area contributed by atoms with E-state index in [2.05, 4.69) is 5.32 Å². The summed E-state index contributed by atoms with van der Waals surface area (Å²) in [5.41, 5.74) is 2.64. The number of nitrogens with one attached hydrogen (secondary N) is 1. The zero-order chi connectivity index (χ0) is 15.3. The molecule has 0 aliphatic carbocycles. The normalized spacial score (nSPS) is 11.3. The van der Waals surface area contributed by atoms with Crippen LogP contribution in [0.15, 0.2) is 53.4 Å². The Morgan fingerprint density at radius 1 is 1.10 bits per heavy atom. The molecule has 2 aromatic rings. The molecule has 3 nitrogen and oxygen atoms in total. The zero-order valence-electron chi connectivity index (χ0n) is 11.8. The molecule has 0 bridgehead atoms. The number of alkyl halides is 1. The summed E-state index contributed by atoms with van der Waals surface area (Å²) >= 11 is 5.71. The SMILES string of the molecule is CS(=O)(=O)c1ccccc1Nc1cccc(CCCCl)c1. The van der Waals surface area contributed by atoms with Gasteiger partial charge in [-0.25, -0.2) is 8.42 Å². The number of rotatable bonds is 6. The van der Waals surface area contributed by atoms with Gasteiger partial charge in [0.05, 0.1) is 10.6 Å². The highest BCUT2D eigenvalue weighted by molar-refractivity contribution is 7.90. The number of hydrogen-bond donors (Lipinski definition) is 1. The third kappa shape index (κ3) is 4.48. The maximum atomic E-state index is 11.8. The summed E-state index contributed by atoms with van der Waals surface area (Å²) in [6.45, 7) is 0. The predicted molar refractivity (Wildman–Crippen MR) is 88.3 cm³/mol.